The number of fused-ring (bicyclic) bond motifs is 8. The quantitative estimate of drug-likeness (QED) is 0.230. The number of nitrogens with zero attached hydrogens (tertiary/aromatic N) is 2. The topological polar surface area (TPSA) is 17.8 Å². The van der Waals surface area contributed by atoms with Crippen LogP contribution in [0, 0.1) is 0 Å². The standard InChI is InChI=1S/C35H22N2/c1-4-10-28-23(7-1)15-18-34-35(28)32-22-36-20-19-33(32)37(34)26-16-13-24(14-17-26)31-21-25-8-2-3-9-27(25)29-11-5-6-12-30(29)31/h1-22H. The molecule has 2 heteroatoms. The summed E-state index contributed by atoms with van der Waals surface area (Å²) in [5, 5.41) is 10.1. The third kappa shape index (κ3) is 2.96. The highest BCUT2D eigenvalue weighted by molar-refractivity contribution is 6.21. The molecule has 172 valence electrons. The highest BCUT2D eigenvalue weighted by Crippen LogP contribution is 2.38. The van der Waals surface area contributed by atoms with E-state index in [1.165, 1.54) is 65.3 Å². The summed E-state index contributed by atoms with van der Waals surface area (Å²) in [6, 6.07) is 43.9. The Morgan fingerprint density at radius 1 is 0.486 bits per heavy atom. The molecule has 0 unspecified atom stereocenters. The zero-order valence-electron chi connectivity index (χ0n) is 20.1. The molecule has 37 heavy (non-hydrogen) atoms. The Morgan fingerprint density at radius 3 is 2.03 bits per heavy atom. The molecule has 0 amide bonds. The Morgan fingerprint density at radius 2 is 1.19 bits per heavy atom. The summed E-state index contributed by atoms with van der Waals surface area (Å²) in [5.74, 6) is 0. The van der Waals surface area contributed by atoms with Crippen molar-refractivity contribution in [1.29, 1.82) is 0 Å². The number of pyridine rings is 1. The van der Waals surface area contributed by atoms with Gasteiger partial charge in [-0.05, 0) is 73.8 Å². The first-order valence-corrected chi connectivity index (χ1v) is 12.6. The van der Waals surface area contributed by atoms with Crippen molar-refractivity contribution in [2.75, 3.05) is 0 Å². The van der Waals surface area contributed by atoms with Crippen LogP contribution in [-0.2, 0) is 0 Å². The molecule has 0 spiro atoms. The van der Waals surface area contributed by atoms with E-state index in [0.717, 1.165) is 5.69 Å². The zero-order chi connectivity index (χ0) is 24.3. The molecule has 2 nitrogen and oxygen atoms in total. The lowest BCUT2D eigenvalue weighted by atomic mass is 9.93. The maximum Gasteiger partial charge on any atom is 0.0572 e. The van der Waals surface area contributed by atoms with Gasteiger partial charge in [-0.3, -0.25) is 4.98 Å². The molecule has 0 N–H and O–H groups in total. The van der Waals surface area contributed by atoms with Gasteiger partial charge < -0.3 is 4.57 Å². The maximum atomic E-state index is 4.47. The molecule has 0 aliphatic carbocycles. The van der Waals surface area contributed by atoms with Crippen LogP contribution in [0.25, 0.3) is 70.9 Å². The smallest absolute Gasteiger partial charge is 0.0572 e. The van der Waals surface area contributed by atoms with Crippen LogP contribution < -0.4 is 0 Å². The highest BCUT2D eigenvalue weighted by atomic mass is 15.0. The molecular weight excluding hydrogens is 448 g/mol. The normalized spacial score (nSPS) is 11.8. The van der Waals surface area contributed by atoms with Gasteiger partial charge in [-0.15, -0.1) is 0 Å². The van der Waals surface area contributed by atoms with Crippen LogP contribution >= 0.6 is 0 Å². The first-order valence-electron chi connectivity index (χ1n) is 12.6. The van der Waals surface area contributed by atoms with E-state index in [2.05, 4.69) is 131 Å². The van der Waals surface area contributed by atoms with Gasteiger partial charge in [0.2, 0.25) is 0 Å². The molecule has 8 rings (SSSR count). The van der Waals surface area contributed by atoms with Gasteiger partial charge in [-0.2, -0.15) is 0 Å². The third-order valence-electron chi connectivity index (χ3n) is 7.66. The zero-order valence-corrected chi connectivity index (χ0v) is 20.1. The van der Waals surface area contributed by atoms with Gasteiger partial charge in [-0.25, -0.2) is 0 Å². The molecule has 0 radical (unpaired) electrons. The van der Waals surface area contributed by atoms with Crippen molar-refractivity contribution in [1.82, 2.24) is 9.55 Å². The lowest BCUT2D eigenvalue weighted by Crippen LogP contribution is -1.94. The minimum atomic E-state index is 1.15. The fraction of sp³-hybridized carbons (Fsp3) is 0. The molecule has 0 aliphatic heterocycles. The lowest BCUT2D eigenvalue weighted by molar-refractivity contribution is 1.18. The lowest BCUT2D eigenvalue weighted by Gasteiger charge is -2.13. The van der Waals surface area contributed by atoms with E-state index in [0.29, 0.717) is 0 Å². The summed E-state index contributed by atoms with van der Waals surface area (Å²) in [7, 11) is 0. The van der Waals surface area contributed by atoms with Crippen molar-refractivity contribution in [2.24, 2.45) is 0 Å². The fourth-order valence-corrected chi connectivity index (χ4v) is 6.00. The van der Waals surface area contributed by atoms with Gasteiger partial charge in [0.15, 0.2) is 0 Å². The predicted molar refractivity (Wildman–Crippen MR) is 157 cm³/mol. The summed E-state index contributed by atoms with van der Waals surface area (Å²) >= 11 is 0. The van der Waals surface area contributed by atoms with E-state index in [4.69, 9.17) is 0 Å². The van der Waals surface area contributed by atoms with Crippen molar-refractivity contribution in [2.45, 2.75) is 0 Å². The fourth-order valence-electron chi connectivity index (χ4n) is 6.00. The summed E-state index contributed by atoms with van der Waals surface area (Å²) in [6.45, 7) is 0. The Balaban J connectivity index is 1.36. The Labute approximate surface area is 214 Å². The molecule has 0 fully saturated rings. The minimum absolute atomic E-state index is 1.15. The van der Waals surface area contributed by atoms with Crippen LogP contribution in [0.4, 0.5) is 0 Å². The van der Waals surface area contributed by atoms with Crippen molar-refractivity contribution in [3.63, 3.8) is 0 Å². The molecule has 0 aliphatic rings. The van der Waals surface area contributed by atoms with Gasteiger partial charge in [-0.1, -0.05) is 91.0 Å². The Bertz CT molecular complexity index is 2130. The van der Waals surface area contributed by atoms with Gasteiger partial charge in [0, 0.05) is 28.9 Å². The molecule has 0 saturated carbocycles. The van der Waals surface area contributed by atoms with Crippen LogP contribution in [-0.4, -0.2) is 9.55 Å². The molecule has 0 atom stereocenters. The van der Waals surface area contributed by atoms with Gasteiger partial charge in [0.05, 0.1) is 11.0 Å². The molecule has 0 saturated heterocycles. The SMILES string of the molecule is c1ccc2c(c1)cc(-c1ccc(-n3c4ccncc4c4c5ccccc5ccc43)cc1)c1ccccc12. The molecular formula is C35H22N2. The van der Waals surface area contributed by atoms with Crippen LogP contribution in [0.1, 0.15) is 0 Å². The summed E-state index contributed by atoms with van der Waals surface area (Å²) < 4.78 is 2.36. The number of hydrogen-bond donors (Lipinski definition) is 0. The van der Waals surface area contributed by atoms with Gasteiger partial charge >= 0.3 is 0 Å². The Kier molecular flexibility index (Phi) is 4.26. The molecule has 0 bridgehead atoms. The highest BCUT2D eigenvalue weighted by Gasteiger charge is 2.15. The predicted octanol–water partition coefficient (Wildman–Crippen LogP) is 9.31. The molecule has 8 aromatic rings. The second kappa shape index (κ2) is 7.78. The van der Waals surface area contributed by atoms with Crippen molar-refractivity contribution >= 4 is 54.1 Å². The largest absolute Gasteiger partial charge is 0.309 e. The number of benzene rings is 6. The van der Waals surface area contributed by atoms with Gasteiger partial charge in [0.25, 0.3) is 0 Å². The minimum Gasteiger partial charge on any atom is -0.309 e. The van der Waals surface area contributed by atoms with Crippen molar-refractivity contribution in [3.05, 3.63) is 134 Å². The molecule has 2 heterocycles. The first kappa shape index (κ1) is 20.3. The second-order valence-electron chi connectivity index (χ2n) is 9.65. The average Bonchev–Trinajstić information content (AvgIpc) is 3.32. The van der Waals surface area contributed by atoms with Crippen LogP contribution in [0.5, 0.6) is 0 Å². The van der Waals surface area contributed by atoms with E-state index in [9.17, 15) is 0 Å². The van der Waals surface area contributed by atoms with Crippen molar-refractivity contribution in [3.8, 4) is 16.8 Å². The monoisotopic (exact) mass is 470 g/mol. The summed E-state index contributed by atoms with van der Waals surface area (Å²) in [4.78, 5) is 4.47. The third-order valence-corrected chi connectivity index (χ3v) is 7.66. The van der Waals surface area contributed by atoms with Gasteiger partial charge in [0.1, 0.15) is 0 Å². The van der Waals surface area contributed by atoms with Crippen LogP contribution in [0.15, 0.2) is 134 Å². The van der Waals surface area contributed by atoms with E-state index < -0.39 is 0 Å². The van der Waals surface area contributed by atoms with Crippen molar-refractivity contribution < 1.29 is 0 Å². The number of aromatic nitrogens is 2. The Hall–Kier alpha value is -4.95. The maximum absolute atomic E-state index is 4.47. The summed E-state index contributed by atoms with van der Waals surface area (Å²) in [6.07, 6.45) is 3.88. The van der Waals surface area contributed by atoms with Crippen LogP contribution in [0.2, 0.25) is 0 Å². The van der Waals surface area contributed by atoms with Crippen LogP contribution in [0.3, 0.4) is 0 Å². The first-order chi connectivity index (χ1) is 18.4. The average molecular weight is 471 g/mol. The second-order valence-corrected chi connectivity index (χ2v) is 9.65. The van der Waals surface area contributed by atoms with E-state index >= 15 is 0 Å². The molecule has 6 aromatic carbocycles. The summed E-state index contributed by atoms with van der Waals surface area (Å²) in [5.41, 5.74) is 6.00. The number of rotatable bonds is 2. The van der Waals surface area contributed by atoms with E-state index in [1.54, 1.807) is 0 Å². The van der Waals surface area contributed by atoms with E-state index in [-0.39, 0.29) is 0 Å². The van der Waals surface area contributed by atoms with E-state index in [1.807, 2.05) is 12.4 Å². The molecule has 2 aromatic heterocycles. The number of hydrogen-bond acceptors (Lipinski definition) is 1.